The summed E-state index contributed by atoms with van der Waals surface area (Å²) < 4.78 is 13.8. The maximum Gasteiger partial charge on any atom is 0.132 e. The third-order valence-electron chi connectivity index (χ3n) is 3.38. The van der Waals surface area contributed by atoms with Gasteiger partial charge in [0.05, 0.1) is 5.60 Å². The third kappa shape index (κ3) is 3.18. The first-order valence-electron chi connectivity index (χ1n) is 6.42. The van der Waals surface area contributed by atoms with Crippen LogP contribution < -0.4 is 5.73 Å². The number of benzene rings is 2. The summed E-state index contributed by atoms with van der Waals surface area (Å²) in [7, 11) is 0. The van der Waals surface area contributed by atoms with Crippen molar-refractivity contribution in [1.82, 2.24) is 0 Å². The molecule has 106 valence electrons. The Balaban J connectivity index is 2.33. The molecule has 1 atom stereocenters. The SMILES string of the molecule is CC(O)(CCN)c1ccc(-c2ccc(Cl)cc2F)cc1. The average molecular weight is 294 g/mol. The Hall–Kier alpha value is -1.42. The van der Waals surface area contributed by atoms with E-state index in [1.54, 1.807) is 43.3 Å². The molecule has 2 aromatic rings. The first kappa shape index (κ1) is 15.0. The van der Waals surface area contributed by atoms with Crippen LogP contribution in [0.15, 0.2) is 42.5 Å². The second-order valence-corrected chi connectivity index (χ2v) is 5.45. The maximum absolute atomic E-state index is 13.8. The quantitative estimate of drug-likeness (QED) is 0.903. The lowest BCUT2D eigenvalue weighted by atomic mass is 9.91. The summed E-state index contributed by atoms with van der Waals surface area (Å²) >= 11 is 5.74. The molecule has 0 bridgehead atoms. The third-order valence-corrected chi connectivity index (χ3v) is 3.62. The Labute approximate surface area is 123 Å². The van der Waals surface area contributed by atoms with Gasteiger partial charge in [0.25, 0.3) is 0 Å². The van der Waals surface area contributed by atoms with Crippen LogP contribution in [0.5, 0.6) is 0 Å². The lowest BCUT2D eigenvalue weighted by Crippen LogP contribution is -2.24. The molecule has 0 fully saturated rings. The molecule has 0 radical (unpaired) electrons. The van der Waals surface area contributed by atoms with Crippen molar-refractivity contribution in [2.75, 3.05) is 6.54 Å². The predicted molar refractivity (Wildman–Crippen MR) is 80.1 cm³/mol. The van der Waals surface area contributed by atoms with Gasteiger partial charge in [0.1, 0.15) is 5.82 Å². The largest absolute Gasteiger partial charge is 0.385 e. The number of aliphatic hydroxyl groups is 1. The van der Waals surface area contributed by atoms with Crippen LogP contribution in [0.3, 0.4) is 0 Å². The zero-order chi connectivity index (χ0) is 14.8. The molecule has 1 unspecified atom stereocenters. The molecule has 2 nitrogen and oxygen atoms in total. The zero-order valence-electron chi connectivity index (χ0n) is 11.2. The molecule has 2 rings (SSSR count). The summed E-state index contributed by atoms with van der Waals surface area (Å²) in [6, 6.07) is 11.7. The fourth-order valence-corrected chi connectivity index (χ4v) is 2.32. The molecular weight excluding hydrogens is 277 g/mol. The summed E-state index contributed by atoms with van der Waals surface area (Å²) in [5.41, 5.74) is 6.51. The molecule has 0 aromatic heterocycles. The van der Waals surface area contributed by atoms with E-state index in [1.165, 1.54) is 6.07 Å². The van der Waals surface area contributed by atoms with Gasteiger partial charge in [-0.05, 0) is 49.2 Å². The Bertz CT molecular complexity index is 596. The van der Waals surface area contributed by atoms with E-state index < -0.39 is 5.60 Å². The van der Waals surface area contributed by atoms with Gasteiger partial charge in [-0.25, -0.2) is 4.39 Å². The van der Waals surface area contributed by atoms with Crippen molar-refractivity contribution in [3.05, 3.63) is 58.9 Å². The highest BCUT2D eigenvalue weighted by Crippen LogP contribution is 2.29. The molecule has 0 aliphatic carbocycles. The highest BCUT2D eigenvalue weighted by molar-refractivity contribution is 6.30. The monoisotopic (exact) mass is 293 g/mol. The summed E-state index contributed by atoms with van der Waals surface area (Å²) in [6.07, 6.45) is 0.474. The average Bonchev–Trinajstić information content (AvgIpc) is 2.39. The van der Waals surface area contributed by atoms with E-state index in [-0.39, 0.29) is 5.82 Å². The molecule has 0 aliphatic heterocycles. The Morgan fingerprint density at radius 2 is 1.85 bits per heavy atom. The van der Waals surface area contributed by atoms with Crippen molar-refractivity contribution in [1.29, 1.82) is 0 Å². The van der Waals surface area contributed by atoms with E-state index in [1.807, 2.05) is 0 Å². The second-order valence-electron chi connectivity index (χ2n) is 5.01. The van der Waals surface area contributed by atoms with Crippen molar-refractivity contribution >= 4 is 11.6 Å². The van der Waals surface area contributed by atoms with Crippen LogP contribution in [0.2, 0.25) is 5.02 Å². The van der Waals surface area contributed by atoms with Crippen LogP contribution in [0, 0.1) is 5.82 Å². The maximum atomic E-state index is 13.8. The van der Waals surface area contributed by atoms with Crippen molar-refractivity contribution in [2.45, 2.75) is 18.9 Å². The van der Waals surface area contributed by atoms with Crippen LogP contribution in [-0.4, -0.2) is 11.7 Å². The van der Waals surface area contributed by atoms with Crippen molar-refractivity contribution in [2.24, 2.45) is 5.73 Å². The first-order valence-corrected chi connectivity index (χ1v) is 6.80. The van der Waals surface area contributed by atoms with E-state index in [2.05, 4.69) is 0 Å². The van der Waals surface area contributed by atoms with Crippen LogP contribution in [-0.2, 0) is 5.60 Å². The van der Waals surface area contributed by atoms with Crippen LogP contribution in [0.4, 0.5) is 4.39 Å². The van der Waals surface area contributed by atoms with Crippen LogP contribution in [0.1, 0.15) is 18.9 Å². The first-order chi connectivity index (χ1) is 9.44. The van der Waals surface area contributed by atoms with Crippen LogP contribution >= 0.6 is 11.6 Å². The number of nitrogens with two attached hydrogens (primary N) is 1. The minimum Gasteiger partial charge on any atom is -0.385 e. The van der Waals surface area contributed by atoms with Gasteiger partial charge in [-0.1, -0.05) is 35.9 Å². The molecular formula is C16H17ClFNO. The van der Waals surface area contributed by atoms with Crippen molar-refractivity contribution < 1.29 is 9.50 Å². The van der Waals surface area contributed by atoms with Gasteiger partial charge in [0.2, 0.25) is 0 Å². The molecule has 0 amide bonds. The lowest BCUT2D eigenvalue weighted by molar-refractivity contribution is 0.0504. The number of hydrogen-bond acceptors (Lipinski definition) is 2. The number of rotatable bonds is 4. The van der Waals surface area contributed by atoms with E-state index in [0.29, 0.717) is 23.6 Å². The van der Waals surface area contributed by atoms with Crippen molar-refractivity contribution in [3.63, 3.8) is 0 Å². The molecule has 0 saturated heterocycles. The highest BCUT2D eigenvalue weighted by atomic mass is 35.5. The Kier molecular flexibility index (Phi) is 4.43. The molecule has 0 heterocycles. The van der Waals surface area contributed by atoms with Gasteiger partial charge in [0.15, 0.2) is 0 Å². The molecule has 20 heavy (non-hydrogen) atoms. The second kappa shape index (κ2) is 5.92. The summed E-state index contributed by atoms with van der Waals surface area (Å²) in [4.78, 5) is 0. The van der Waals surface area contributed by atoms with Crippen LogP contribution in [0.25, 0.3) is 11.1 Å². The van der Waals surface area contributed by atoms with Gasteiger partial charge >= 0.3 is 0 Å². The molecule has 0 spiro atoms. The topological polar surface area (TPSA) is 46.2 Å². The molecule has 0 saturated carbocycles. The van der Waals surface area contributed by atoms with E-state index in [0.717, 1.165) is 11.1 Å². The smallest absolute Gasteiger partial charge is 0.132 e. The standard InChI is InChI=1S/C16H17ClFNO/c1-16(20,8-9-19)12-4-2-11(3-5-12)14-7-6-13(17)10-15(14)18/h2-7,10,20H,8-9,19H2,1H3. The molecule has 4 heteroatoms. The summed E-state index contributed by atoms with van der Waals surface area (Å²) in [5, 5.41) is 10.6. The van der Waals surface area contributed by atoms with Gasteiger partial charge < -0.3 is 10.8 Å². The molecule has 2 aromatic carbocycles. The molecule has 3 N–H and O–H groups in total. The fourth-order valence-electron chi connectivity index (χ4n) is 2.16. The summed E-state index contributed by atoms with van der Waals surface area (Å²) in [5.74, 6) is -0.362. The van der Waals surface area contributed by atoms with Gasteiger partial charge in [-0.3, -0.25) is 0 Å². The van der Waals surface area contributed by atoms with E-state index in [4.69, 9.17) is 17.3 Å². The minimum absolute atomic E-state index is 0.362. The normalized spacial score (nSPS) is 14.1. The van der Waals surface area contributed by atoms with E-state index in [9.17, 15) is 9.50 Å². The molecule has 0 aliphatic rings. The number of halogens is 2. The van der Waals surface area contributed by atoms with Gasteiger partial charge in [-0.15, -0.1) is 0 Å². The predicted octanol–water partition coefficient (Wildman–Crippen LogP) is 3.70. The highest BCUT2D eigenvalue weighted by Gasteiger charge is 2.21. The number of hydrogen-bond donors (Lipinski definition) is 2. The fraction of sp³-hybridized carbons (Fsp3) is 0.250. The zero-order valence-corrected chi connectivity index (χ0v) is 12.0. The van der Waals surface area contributed by atoms with Crippen molar-refractivity contribution in [3.8, 4) is 11.1 Å². The van der Waals surface area contributed by atoms with E-state index >= 15 is 0 Å². The van der Waals surface area contributed by atoms with Gasteiger partial charge in [0, 0.05) is 10.6 Å². The Morgan fingerprint density at radius 3 is 2.40 bits per heavy atom. The lowest BCUT2D eigenvalue weighted by Gasteiger charge is -2.23. The Morgan fingerprint density at radius 1 is 1.20 bits per heavy atom. The van der Waals surface area contributed by atoms with Gasteiger partial charge in [-0.2, -0.15) is 0 Å². The summed E-state index contributed by atoms with van der Waals surface area (Å²) in [6.45, 7) is 2.12. The minimum atomic E-state index is -0.966.